The van der Waals surface area contributed by atoms with Crippen LogP contribution in [-0.4, -0.2) is 42.6 Å². The van der Waals surface area contributed by atoms with Crippen molar-refractivity contribution in [3.05, 3.63) is 34.2 Å². The van der Waals surface area contributed by atoms with Crippen molar-refractivity contribution in [2.75, 3.05) is 26.2 Å². The monoisotopic (exact) mass is 358 g/mol. The first-order chi connectivity index (χ1) is 12.0. The van der Waals surface area contributed by atoms with E-state index in [1.807, 2.05) is 0 Å². The smallest absolute Gasteiger partial charge is 0.145 e. The van der Waals surface area contributed by atoms with E-state index in [9.17, 15) is 0 Å². The van der Waals surface area contributed by atoms with E-state index in [1.165, 1.54) is 15.6 Å². The third kappa shape index (κ3) is 4.89. The second-order valence-electron chi connectivity index (χ2n) is 6.43. The minimum absolute atomic E-state index is 0.356. The maximum atomic E-state index is 8.42. The molecule has 0 aliphatic carbocycles. The standard InChI is InChI=1S/C20H30N4S/c1-5-24(6-2)12-8-7-11-23-20(22)18(21)19-15(4)16-13-14(3)9-10-17(16)25-19/h9-10,13,21H,5-8,11-12H2,1-4H3,(H2,22,23). The highest BCUT2D eigenvalue weighted by molar-refractivity contribution is 7.21. The molecule has 0 amide bonds. The van der Waals surface area contributed by atoms with Gasteiger partial charge in [0, 0.05) is 11.2 Å². The number of thiophene rings is 1. The van der Waals surface area contributed by atoms with Crippen molar-refractivity contribution in [2.24, 2.45) is 10.7 Å². The molecule has 2 rings (SSSR count). The van der Waals surface area contributed by atoms with Gasteiger partial charge in [-0.15, -0.1) is 11.3 Å². The van der Waals surface area contributed by atoms with Crippen molar-refractivity contribution < 1.29 is 0 Å². The van der Waals surface area contributed by atoms with Crippen LogP contribution >= 0.6 is 11.3 Å². The summed E-state index contributed by atoms with van der Waals surface area (Å²) in [6.07, 6.45) is 2.13. The van der Waals surface area contributed by atoms with Gasteiger partial charge in [0.1, 0.15) is 11.5 Å². The van der Waals surface area contributed by atoms with Crippen LogP contribution in [0.15, 0.2) is 23.2 Å². The molecule has 0 saturated carbocycles. The molecule has 0 aliphatic heterocycles. The highest BCUT2D eigenvalue weighted by Crippen LogP contribution is 2.31. The van der Waals surface area contributed by atoms with Crippen LogP contribution in [0.4, 0.5) is 0 Å². The summed E-state index contributed by atoms with van der Waals surface area (Å²) in [5.74, 6) is 0.356. The van der Waals surface area contributed by atoms with E-state index >= 15 is 0 Å². The van der Waals surface area contributed by atoms with E-state index in [1.54, 1.807) is 11.3 Å². The lowest BCUT2D eigenvalue weighted by Crippen LogP contribution is -2.25. The average Bonchev–Trinajstić information content (AvgIpc) is 2.93. The topological polar surface area (TPSA) is 65.5 Å². The zero-order valence-corrected chi connectivity index (χ0v) is 16.7. The summed E-state index contributed by atoms with van der Waals surface area (Å²) < 4.78 is 1.20. The minimum Gasteiger partial charge on any atom is -0.382 e. The second kappa shape index (κ2) is 9.11. The third-order valence-corrected chi connectivity index (χ3v) is 5.92. The fraction of sp³-hybridized carbons (Fsp3) is 0.500. The molecule has 0 aliphatic rings. The van der Waals surface area contributed by atoms with Crippen molar-refractivity contribution >= 4 is 33.0 Å². The SMILES string of the molecule is CCN(CC)CCCCN=C(N)C(=N)c1sc2ccc(C)cc2c1C. The Bertz CT molecular complexity index is 756. The van der Waals surface area contributed by atoms with E-state index in [0.717, 1.165) is 42.9 Å². The van der Waals surface area contributed by atoms with Crippen LogP contribution < -0.4 is 5.73 Å². The Kier molecular flexibility index (Phi) is 7.14. The first-order valence-corrected chi connectivity index (χ1v) is 9.90. The van der Waals surface area contributed by atoms with Gasteiger partial charge in [-0.2, -0.15) is 0 Å². The first kappa shape index (κ1) is 19.6. The lowest BCUT2D eigenvalue weighted by atomic mass is 10.1. The Balaban J connectivity index is 1.99. The molecule has 0 bridgehead atoms. The van der Waals surface area contributed by atoms with Gasteiger partial charge < -0.3 is 10.6 Å². The summed E-state index contributed by atoms with van der Waals surface area (Å²) >= 11 is 1.63. The van der Waals surface area contributed by atoms with Crippen LogP contribution in [0.5, 0.6) is 0 Å². The normalized spacial score (nSPS) is 12.3. The number of amidine groups is 1. The number of unbranched alkanes of at least 4 members (excludes halogenated alkanes) is 1. The summed E-state index contributed by atoms with van der Waals surface area (Å²) in [5.41, 5.74) is 8.82. The number of nitrogens with one attached hydrogen (secondary N) is 1. The van der Waals surface area contributed by atoms with Crippen LogP contribution in [0.1, 0.15) is 42.7 Å². The van der Waals surface area contributed by atoms with Gasteiger partial charge in [0.15, 0.2) is 0 Å². The van der Waals surface area contributed by atoms with Crippen LogP contribution in [0.2, 0.25) is 0 Å². The minimum atomic E-state index is 0.356. The predicted molar refractivity (Wildman–Crippen MR) is 112 cm³/mol. The average molecular weight is 359 g/mol. The zero-order chi connectivity index (χ0) is 18.4. The number of fused-ring (bicyclic) bond motifs is 1. The number of aliphatic imine (C=N–C) groups is 1. The zero-order valence-electron chi connectivity index (χ0n) is 15.9. The molecule has 0 unspecified atom stereocenters. The summed E-state index contributed by atoms with van der Waals surface area (Å²) in [6.45, 7) is 12.5. The summed E-state index contributed by atoms with van der Waals surface area (Å²) in [4.78, 5) is 7.79. The number of aryl methyl sites for hydroxylation is 2. The highest BCUT2D eigenvalue weighted by atomic mass is 32.1. The van der Waals surface area contributed by atoms with Crippen LogP contribution in [-0.2, 0) is 0 Å². The summed E-state index contributed by atoms with van der Waals surface area (Å²) in [6, 6.07) is 6.41. The molecule has 1 aromatic heterocycles. The Labute approximate surface area is 155 Å². The lowest BCUT2D eigenvalue weighted by molar-refractivity contribution is 0.298. The number of nitrogens with zero attached hydrogens (tertiary/aromatic N) is 2. The van der Waals surface area contributed by atoms with Crippen LogP contribution in [0.3, 0.4) is 0 Å². The number of benzene rings is 1. The molecule has 0 spiro atoms. The van der Waals surface area contributed by atoms with Gasteiger partial charge in [0.05, 0.1) is 4.88 Å². The van der Waals surface area contributed by atoms with Crippen molar-refractivity contribution in [1.82, 2.24) is 4.90 Å². The van der Waals surface area contributed by atoms with Gasteiger partial charge in [0.2, 0.25) is 0 Å². The van der Waals surface area contributed by atoms with Crippen LogP contribution in [0, 0.1) is 19.3 Å². The van der Waals surface area contributed by atoms with Crippen LogP contribution in [0.25, 0.3) is 10.1 Å². The maximum Gasteiger partial charge on any atom is 0.145 e. The Hall–Kier alpha value is -1.72. The molecule has 0 fully saturated rings. The molecule has 0 saturated heterocycles. The lowest BCUT2D eigenvalue weighted by Gasteiger charge is -2.17. The largest absolute Gasteiger partial charge is 0.382 e. The van der Waals surface area contributed by atoms with Crippen molar-refractivity contribution in [3.63, 3.8) is 0 Å². The molecular formula is C20H30N4S. The van der Waals surface area contributed by atoms with Gasteiger partial charge in [-0.25, -0.2) is 0 Å². The van der Waals surface area contributed by atoms with E-state index in [4.69, 9.17) is 11.1 Å². The van der Waals surface area contributed by atoms with Gasteiger partial charge in [0.25, 0.3) is 0 Å². The molecule has 0 radical (unpaired) electrons. The molecule has 0 atom stereocenters. The van der Waals surface area contributed by atoms with E-state index in [2.05, 4.69) is 55.8 Å². The predicted octanol–water partition coefficient (Wildman–Crippen LogP) is 4.37. The summed E-state index contributed by atoms with van der Waals surface area (Å²) in [5, 5.41) is 9.64. The highest BCUT2D eigenvalue weighted by Gasteiger charge is 2.15. The number of hydrogen-bond donors (Lipinski definition) is 2. The van der Waals surface area contributed by atoms with Gasteiger partial charge >= 0.3 is 0 Å². The van der Waals surface area contributed by atoms with E-state index in [-0.39, 0.29) is 0 Å². The fourth-order valence-corrected chi connectivity index (χ4v) is 4.10. The molecule has 3 N–H and O–H groups in total. The molecule has 136 valence electrons. The fourth-order valence-electron chi connectivity index (χ4n) is 2.96. The van der Waals surface area contributed by atoms with Crippen molar-refractivity contribution in [2.45, 2.75) is 40.5 Å². The molecule has 2 aromatic rings. The van der Waals surface area contributed by atoms with Crippen molar-refractivity contribution in [3.8, 4) is 0 Å². The van der Waals surface area contributed by atoms with Gasteiger partial charge in [-0.1, -0.05) is 31.5 Å². The number of nitrogens with two attached hydrogens (primary N) is 1. The molecule has 4 nitrogen and oxygen atoms in total. The Morgan fingerprint density at radius 1 is 1.20 bits per heavy atom. The first-order valence-electron chi connectivity index (χ1n) is 9.09. The van der Waals surface area contributed by atoms with Crippen molar-refractivity contribution in [1.29, 1.82) is 5.41 Å². The van der Waals surface area contributed by atoms with Gasteiger partial charge in [-0.3, -0.25) is 10.4 Å². The molecule has 5 heteroatoms. The quantitative estimate of drug-likeness (QED) is 0.397. The van der Waals surface area contributed by atoms with Gasteiger partial charge in [-0.05, 0) is 63.3 Å². The number of rotatable bonds is 9. The molecule has 1 heterocycles. The maximum absolute atomic E-state index is 8.42. The number of hydrogen-bond acceptors (Lipinski definition) is 4. The molecule has 25 heavy (non-hydrogen) atoms. The second-order valence-corrected chi connectivity index (χ2v) is 7.48. The van der Waals surface area contributed by atoms with E-state index < -0.39 is 0 Å². The Morgan fingerprint density at radius 2 is 1.92 bits per heavy atom. The molecular weight excluding hydrogens is 328 g/mol. The Morgan fingerprint density at radius 3 is 2.60 bits per heavy atom. The summed E-state index contributed by atoms with van der Waals surface area (Å²) in [7, 11) is 0. The van der Waals surface area contributed by atoms with E-state index in [0.29, 0.717) is 18.1 Å². The third-order valence-electron chi connectivity index (χ3n) is 4.63. The molecule has 1 aromatic carbocycles.